The van der Waals surface area contributed by atoms with Gasteiger partial charge in [0, 0.05) is 18.6 Å². The summed E-state index contributed by atoms with van der Waals surface area (Å²) in [6.07, 6.45) is 1.76. The van der Waals surface area contributed by atoms with Gasteiger partial charge in [-0.3, -0.25) is 9.36 Å². The van der Waals surface area contributed by atoms with Crippen LogP contribution in [0, 0.1) is 0 Å². The fraction of sp³-hybridized carbons (Fsp3) is 0.118. The van der Waals surface area contributed by atoms with E-state index >= 15 is 0 Å². The third-order valence-corrected chi connectivity index (χ3v) is 3.31. The lowest BCUT2D eigenvalue weighted by Crippen LogP contribution is -2.20. The average Bonchev–Trinajstić information content (AvgIpc) is 3.15. The van der Waals surface area contributed by atoms with E-state index in [1.807, 2.05) is 0 Å². The summed E-state index contributed by atoms with van der Waals surface area (Å²) in [4.78, 5) is 20.4. The summed E-state index contributed by atoms with van der Waals surface area (Å²) >= 11 is 0. The number of hydrogen-bond donors (Lipinski definition) is 1. The number of nitrogens with one attached hydrogen (secondary N) is 1. The molecule has 134 valence electrons. The molecule has 0 radical (unpaired) electrons. The Bertz CT molecular complexity index is 878. The fourth-order valence-corrected chi connectivity index (χ4v) is 2.12. The minimum absolute atomic E-state index is 0.0684. The molecule has 0 atom stereocenters. The Hall–Kier alpha value is -3.36. The van der Waals surface area contributed by atoms with E-state index in [0.717, 1.165) is 0 Å². The van der Waals surface area contributed by atoms with Gasteiger partial charge in [0.2, 0.25) is 0 Å². The molecule has 0 fully saturated rings. The molecule has 1 amide bonds. The van der Waals surface area contributed by atoms with Gasteiger partial charge >= 0.3 is 6.18 Å². The second kappa shape index (κ2) is 7.26. The molecule has 2 heterocycles. The van der Waals surface area contributed by atoms with Crippen LogP contribution in [0.1, 0.15) is 10.4 Å². The van der Waals surface area contributed by atoms with Crippen LogP contribution in [0.15, 0.2) is 61.3 Å². The van der Waals surface area contributed by atoms with Crippen molar-refractivity contribution in [3.05, 3.63) is 66.9 Å². The quantitative estimate of drug-likeness (QED) is 0.755. The first-order valence-corrected chi connectivity index (χ1v) is 7.47. The van der Waals surface area contributed by atoms with E-state index in [1.165, 1.54) is 24.4 Å². The average molecular weight is 362 g/mol. The van der Waals surface area contributed by atoms with Crippen LogP contribution in [0.25, 0.3) is 5.82 Å². The first-order valence-electron chi connectivity index (χ1n) is 7.47. The van der Waals surface area contributed by atoms with Crippen LogP contribution in [0.2, 0.25) is 0 Å². The molecular weight excluding hydrogens is 349 g/mol. The van der Waals surface area contributed by atoms with Crippen LogP contribution in [0.5, 0.6) is 5.75 Å². The van der Waals surface area contributed by atoms with Crippen molar-refractivity contribution in [3.63, 3.8) is 0 Å². The highest BCUT2D eigenvalue weighted by Crippen LogP contribution is 2.26. The van der Waals surface area contributed by atoms with Crippen molar-refractivity contribution >= 4 is 11.6 Å². The summed E-state index contributed by atoms with van der Waals surface area (Å²) in [6, 6.07) is 9.08. The monoisotopic (exact) mass is 362 g/mol. The molecule has 1 N–H and O–H groups in total. The lowest BCUT2D eigenvalue weighted by molar-refractivity contribution is -0.153. The molecule has 3 rings (SSSR count). The standard InChI is InChI=1S/C17H13F3N4O2/c18-17(19,20)10-26-14-4-2-1-3-13(14)23-16(25)12-5-6-15(22-9-12)24-8-7-21-11-24/h1-9,11H,10H2,(H,23,25). The maximum atomic E-state index is 12.3. The Labute approximate surface area is 146 Å². The van der Waals surface area contributed by atoms with Gasteiger partial charge in [-0.05, 0) is 24.3 Å². The predicted molar refractivity (Wildman–Crippen MR) is 87.3 cm³/mol. The SMILES string of the molecule is O=C(Nc1ccccc1OCC(F)(F)F)c1ccc(-n2ccnc2)nc1. The van der Waals surface area contributed by atoms with Gasteiger partial charge in [-0.15, -0.1) is 0 Å². The number of para-hydroxylation sites is 2. The van der Waals surface area contributed by atoms with E-state index in [2.05, 4.69) is 15.3 Å². The van der Waals surface area contributed by atoms with Crippen LogP contribution < -0.4 is 10.1 Å². The number of hydrogen-bond acceptors (Lipinski definition) is 4. The Kier molecular flexibility index (Phi) is 4.87. The zero-order valence-corrected chi connectivity index (χ0v) is 13.3. The van der Waals surface area contributed by atoms with Gasteiger partial charge in [-0.2, -0.15) is 13.2 Å². The van der Waals surface area contributed by atoms with E-state index in [0.29, 0.717) is 5.82 Å². The van der Waals surface area contributed by atoms with Gasteiger partial charge < -0.3 is 10.1 Å². The summed E-state index contributed by atoms with van der Waals surface area (Å²) in [5.74, 6) is -0.00753. The molecule has 1 aromatic carbocycles. The van der Waals surface area contributed by atoms with Crippen molar-refractivity contribution in [1.82, 2.24) is 14.5 Å². The second-order valence-electron chi connectivity index (χ2n) is 5.23. The summed E-state index contributed by atoms with van der Waals surface area (Å²) in [5, 5.41) is 2.53. The lowest BCUT2D eigenvalue weighted by atomic mass is 10.2. The predicted octanol–water partition coefficient (Wildman–Crippen LogP) is 3.46. The maximum Gasteiger partial charge on any atom is 0.422 e. The zero-order valence-electron chi connectivity index (χ0n) is 13.3. The largest absolute Gasteiger partial charge is 0.482 e. The third kappa shape index (κ3) is 4.38. The lowest BCUT2D eigenvalue weighted by Gasteiger charge is -2.13. The zero-order chi connectivity index (χ0) is 18.6. The molecule has 0 bridgehead atoms. The number of aromatic nitrogens is 3. The number of carbonyl (C=O) groups excluding carboxylic acids is 1. The fourth-order valence-electron chi connectivity index (χ4n) is 2.12. The maximum absolute atomic E-state index is 12.3. The van der Waals surface area contributed by atoms with E-state index < -0.39 is 18.7 Å². The second-order valence-corrected chi connectivity index (χ2v) is 5.23. The van der Waals surface area contributed by atoms with Gasteiger partial charge in [0.05, 0.1) is 11.3 Å². The molecule has 3 aromatic rings. The van der Waals surface area contributed by atoms with Crippen LogP contribution in [0.3, 0.4) is 0 Å². The Morgan fingerprint density at radius 2 is 2.00 bits per heavy atom. The van der Waals surface area contributed by atoms with Crippen molar-refractivity contribution < 1.29 is 22.7 Å². The first-order chi connectivity index (χ1) is 12.4. The summed E-state index contributed by atoms with van der Waals surface area (Å²) in [5.41, 5.74) is 0.389. The van der Waals surface area contributed by atoms with Crippen LogP contribution in [-0.2, 0) is 0 Å². The van der Waals surface area contributed by atoms with Crippen LogP contribution in [-0.4, -0.2) is 33.2 Å². The third-order valence-electron chi connectivity index (χ3n) is 3.31. The number of anilines is 1. The number of imidazole rings is 1. The van der Waals surface area contributed by atoms with E-state index in [4.69, 9.17) is 4.74 Å². The number of pyridine rings is 1. The summed E-state index contributed by atoms with van der Waals surface area (Å²) in [6.45, 7) is -1.44. The molecule has 0 aliphatic rings. The molecule has 0 saturated heterocycles. The van der Waals surface area contributed by atoms with Crippen molar-refractivity contribution in [3.8, 4) is 11.6 Å². The normalized spacial score (nSPS) is 11.2. The van der Waals surface area contributed by atoms with Crippen molar-refractivity contribution in [2.45, 2.75) is 6.18 Å². The molecular formula is C17H13F3N4O2. The number of halogens is 3. The van der Waals surface area contributed by atoms with E-state index in [1.54, 1.807) is 41.5 Å². The topological polar surface area (TPSA) is 69.0 Å². The minimum atomic E-state index is -4.47. The van der Waals surface area contributed by atoms with E-state index in [-0.39, 0.29) is 17.0 Å². The molecule has 0 unspecified atom stereocenters. The number of nitrogens with zero attached hydrogens (tertiary/aromatic N) is 3. The highest BCUT2D eigenvalue weighted by molar-refractivity contribution is 6.04. The number of carbonyl (C=O) groups is 1. The van der Waals surface area contributed by atoms with Gasteiger partial charge in [-0.25, -0.2) is 9.97 Å². The Morgan fingerprint density at radius 1 is 1.19 bits per heavy atom. The molecule has 0 saturated carbocycles. The molecule has 0 aliphatic heterocycles. The Balaban J connectivity index is 1.72. The molecule has 9 heteroatoms. The summed E-state index contributed by atoms with van der Waals surface area (Å²) < 4.78 is 43.4. The molecule has 0 aliphatic carbocycles. The minimum Gasteiger partial charge on any atom is -0.482 e. The molecule has 0 spiro atoms. The smallest absolute Gasteiger partial charge is 0.422 e. The van der Waals surface area contributed by atoms with Crippen LogP contribution in [0.4, 0.5) is 18.9 Å². The van der Waals surface area contributed by atoms with Gasteiger partial charge in [0.15, 0.2) is 6.61 Å². The van der Waals surface area contributed by atoms with Crippen LogP contribution >= 0.6 is 0 Å². The summed E-state index contributed by atoms with van der Waals surface area (Å²) in [7, 11) is 0. The van der Waals surface area contributed by atoms with Gasteiger partial charge in [0.25, 0.3) is 5.91 Å². The number of rotatable bonds is 5. The molecule has 2 aromatic heterocycles. The number of amides is 1. The van der Waals surface area contributed by atoms with E-state index in [9.17, 15) is 18.0 Å². The number of alkyl halides is 3. The molecule has 26 heavy (non-hydrogen) atoms. The number of ether oxygens (including phenoxy) is 1. The van der Waals surface area contributed by atoms with Crippen molar-refractivity contribution in [2.24, 2.45) is 0 Å². The molecule has 6 nitrogen and oxygen atoms in total. The van der Waals surface area contributed by atoms with Crippen molar-refractivity contribution in [1.29, 1.82) is 0 Å². The first kappa shape index (κ1) is 17.5. The number of benzene rings is 1. The van der Waals surface area contributed by atoms with Gasteiger partial charge in [-0.1, -0.05) is 12.1 Å². The van der Waals surface area contributed by atoms with Crippen molar-refractivity contribution in [2.75, 3.05) is 11.9 Å². The highest BCUT2D eigenvalue weighted by atomic mass is 19.4. The van der Waals surface area contributed by atoms with Gasteiger partial charge in [0.1, 0.15) is 17.9 Å². The Morgan fingerprint density at radius 3 is 2.65 bits per heavy atom. The highest BCUT2D eigenvalue weighted by Gasteiger charge is 2.28.